The first-order valence-electron chi connectivity index (χ1n) is 5.38. The van der Waals surface area contributed by atoms with E-state index in [1.165, 1.54) is 18.2 Å². The van der Waals surface area contributed by atoms with Crippen molar-refractivity contribution >= 4 is 6.08 Å². The summed E-state index contributed by atoms with van der Waals surface area (Å²) in [5.41, 5.74) is 6.66. The predicted octanol–water partition coefficient (Wildman–Crippen LogP) is 1.83. The highest BCUT2D eigenvalue weighted by Gasteiger charge is 2.24. The SMILES string of the molecule is NC1C=CC=C([N+](=O)[O-])C1=Cc1ccccc1O. The van der Waals surface area contributed by atoms with Crippen LogP contribution in [0.4, 0.5) is 0 Å². The molecule has 0 bridgehead atoms. The number of nitro groups is 1. The van der Waals surface area contributed by atoms with E-state index < -0.39 is 11.0 Å². The van der Waals surface area contributed by atoms with E-state index in [9.17, 15) is 15.2 Å². The van der Waals surface area contributed by atoms with Crippen LogP contribution in [-0.4, -0.2) is 16.1 Å². The normalized spacial score (nSPS) is 20.8. The number of aromatic hydroxyl groups is 1. The lowest BCUT2D eigenvalue weighted by molar-refractivity contribution is -0.421. The Morgan fingerprint density at radius 3 is 2.78 bits per heavy atom. The number of phenols is 1. The zero-order valence-corrected chi connectivity index (χ0v) is 9.48. The maximum atomic E-state index is 10.9. The topological polar surface area (TPSA) is 89.4 Å². The zero-order valence-electron chi connectivity index (χ0n) is 9.48. The van der Waals surface area contributed by atoms with Gasteiger partial charge in [0.2, 0.25) is 0 Å². The number of nitrogens with zero attached hydrogens (tertiary/aromatic N) is 1. The third-order valence-corrected chi connectivity index (χ3v) is 2.67. The van der Waals surface area contributed by atoms with Crippen LogP contribution in [0.5, 0.6) is 5.75 Å². The zero-order chi connectivity index (χ0) is 13.1. The van der Waals surface area contributed by atoms with Gasteiger partial charge in [0.25, 0.3) is 5.70 Å². The summed E-state index contributed by atoms with van der Waals surface area (Å²) in [5, 5.41) is 20.6. The minimum atomic E-state index is -0.546. The van der Waals surface area contributed by atoms with Gasteiger partial charge in [0.1, 0.15) is 5.75 Å². The molecule has 0 heterocycles. The standard InChI is InChI=1S/C13H12N2O3/c14-11-5-3-6-12(15(17)18)10(11)8-9-4-1-2-7-13(9)16/h1-8,11,16H,14H2. The van der Waals surface area contributed by atoms with Crippen molar-refractivity contribution < 1.29 is 10.0 Å². The van der Waals surface area contributed by atoms with Gasteiger partial charge in [-0.3, -0.25) is 10.1 Å². The van der Waals surface area contributed by atoms with Crippen LogP contribution in [0.15, 0.2) is 53.8 Å². The van der Waals surface area contributed by atoms with E-state index in [-0.39, 0.29) is 11.4 Å². The second kappa shape index (κ2) is 4.85. The van der Waals surface area contributed by atoms with E-state index in [2.05, 4.69) is 0 Å². The quantitative estimate of drug-likeness (QED) is 0.613. The van der Waals surface area contributed by atoms with Gasteiger partial charge in [-0.2, -0.15) is 0 Å². The summed E-state index contributed by atoms with van der Waals surface area (Å²) in [6.45, 7) is 0. The van der Waals surface area contributed by atoms with Gasteiger partial charge in [0.15, 0.2) is 0 Å². The Bertz CT molecular complexity index is 573. The molecule has 1 aliphatic rings. The summed E-state index contributed by atoms with van der Waals surface area (Å²) in [7, 11) is 0. The van der Waals surface area contributed by atoms with Crippen molar-refractivity contribution in [3.05, 3.63) is 69.4 Å². The van der Waals surface area contributed by atoms with Crippen molar-refractivity contribution in [2.45, 2.75) is 6.04 Å². The fourth-order valence-electron chi connectivity index (χ4n) is 1.75. The number of allylic oxidation sites excluding steroid dienone is 2. The van der Waals surface area contributed by atoms with Crippen LogP contribution >= 0.6 is 0 Å². The Morgan fingerprint density at radius 1 is 1.39 bits per heavy atom. The van der Waals surface area contributed by atoms with Crippen LogP contribution in [-0.2, 0) is 0 Å². The van der Waals surface area contributed by atoms with Gasteiger partial charge in [-0.1, -0.05) is 30.4 Å². The maximum absolute atomic E-state index is 10.9. The number of nitrogens with two attached hydrogens (primary N) is 1. The van der Waals surface area contributed by atoms with Crippen molar-refractivity contribution in [2.75, 3.05) is 0 Å². The fraction of sp³-hybridized carbons (Fsp3) is 0.0769. The van der Waals surface area contributed by atoms with Crippen molar-refractivity contribution in [3.63, 3.8) is 0 Å². The first kappa shape index (κ1) is 12.1. The molecule has 0 fully saturated rings. The number of rotatable bonds is 2. The Labute approximate surface area is 104 Å². The van der Waals surface area contributed by atoms with Gasteiger partial charge < -0.3 is 10.8 Å². The van der Waals surface area contributed by atoms with Gasteiger partial charge in [-0.25, -0.2) is 0 Å². The second-order valence-electron chi connectivity index (χ2n) is 3.88. The molecule has 0 spiro atoms. The average Bonchev–Trinajstić information content (AvgIpc) is 2.34. The highest BCUT2D eigenvalue weighted by atomic mass is 16.6. The van der Waals surface area contributed by atoms with Crippen molar-refractivity contribution in [1.82, 2.24) is 0 Å². The predicted molar refractivity (Wildman–Crippen MR) is 68.3 cm³/mol. The lowest BCUT2D eigenvalue weighted by Gasteiger charge is -2.13. The molecule has 0 radical (unpaired) electrons. The van der Waals surface area contributed by atoms with Crippen LogP contribution in [0.2, 0.25) is 0 Å². The minimum Gasteiger partial charge on any atom is -0.507 e. The van der Waals surface area contributed by atoms with E-state index in [0.717, 1.165) is 0 Å². The summed E-state index contributed by atoms with van der Waals surface area (Å²) in [4.78, 5) is 10.5. The highest BCUT2D eigenvalue weighted by Crippen LogP contribution is 2.25. The number of benzene rings is 1. The van der Waals surface area contributed by atoms with E-state index in [1.54, 1.807) is 30.4 Å². The van der Waals surface area contributed by atoms with Crippen LogP contribution in [0.1, 0.15) is 5.56 Å². The average molecular weight is 244 g/mol. The molecule has 1 aromatic rings. The highest BCUT2D eigenvalue weighted by molar-refractivity contribution is 5.65. The Balaban J connectivity index is 2.48. The van der Waals surface area contributed by atoms with E-state index >= 15 is 0 Å². The molecule has 0 saturated carbocycles. The molecule has 0 aliphatic heterocycles. The third-order valence-electron chi connectivity index (χ3n) is 2.67. The maximum Gasteiger partial charge on any atom is 0.274 e. The molecule has 0 saturated heterocycles. The van der Waals surface area contributed by atoms with Gasteiger partial charge in [0, 0.05) is 11.6 Å². The molecule has 5 nitrogen and oxygen atoms in total. The molecule has 2 rings (SSSR count). The lowest BCUT2D eigenvalue weighted by Crippen LogP contribution is -2.25. The first-order valence-corrected chi connectivity index (χ1v) is 5.38. The monoisotopic (exact) mass is 244 g/mol. The smallest absolute Gasteiger partial charge is 0.274 e. The molecular weight excluding hydrogens is 232 g/mol. The van der Waals surface area contributed by atoms with Gasteiger partial charge in [-0.05, 0) is 12.1 Å². The third kappa shape index (κ3) is 2.31. The molecule has 92 valence electrons. The van der Waals surface area contributed by atoms with Crippen molar-refractivity contribution in [1.29, 1.82) is 0 Å². The van der Waals surface area contributed by atoms with Crippen LogP contribution in [0.3, 0.4) is 0 Å². The molecular formula is C13H12N2O3. The van der Waals surface area contributed by atoms with Crippen molar-refractivity contribution in [3.8, 4) is 5.75 Å². The Morgan fingerprint density at radius 2 is 2.11 bits per heavy atom. The minimum absolute atomic E-state index is 0.0479. The number of hydrogen-bond donors (Lipinski definition) is 2. The molecule has 1 atom stereocenters. The summed E-state index contributed by atoms with van der Waals surface area (Å²) >= 11 is 0. The van der Waals surface area contributed by atoms with E-state index in [0.29, 0.717) is 11.1 Å². The van der Waals surface area contributed by atoms with Gasteiger partial charge >= 0.3 is 0 Å². The van der Waals surface area contributed by atoms with Gasteiger partial charge in [0.05, 0.1) is 16.5 Å². The summed E-state index contributed by atoms with van der Waals surface area (Å²) in [6.07, 6.45) is 6.16. The molecule has 0 amide bonds. The number of hydrogen-bond acceptors (Lipinski definition) is 4. The van der Waals surface area contributed by atoms with Gasteiger partial charge in [-0.15, -0.1) is 0 Å². The summed E-state index contributed by atoms with van der Waals surface area (Å²) < 4.78 is 0. The van der Waals surface area contributed by atoms with E-state index in [4.69, 9.17) is 5.73 Å². The summed E-state index contributed by atoms with van der Waals surface area (Å²) in [6, 6.07) is 6.07. The Hall–Kier alpha value is -2.40. The molecule has 1 unspecified atom stereocenters. The molecule has 5 heteroatoms. The molecule has 0 aromatic heterocycles. The largest absolute Gasteiger partial charge is 0.507 e. The second-order valence-corrected chi connectivity index (χ2v) is 3.88. The number of para-hydroxylation sites is 1. The van der Waals surface area contributed by atoms with Crippen LogP contribution < -0.4 is 5.73 Å². The fourth-order valence-corrected chi connectivity index (χ4v) is 1.75. The van der Waals surface area contributed by atoms with Crippen LogP contribution in [0.25, 0.3) is 6.08 Å². The van der Waals surface area contributed by atoms with Crippen LogP contribution in [0, 0.1) is 10.1 Å². The number of phenolic OH excluding ortho intramolecular Hbond substituents is 1. The molecule has 1 aliphatic carbocycles. The lowest BCUT2D eigenvalue weighted by atomic mass is 9.97. The van der Waals surface area contributed by atoms with E-state index in [1.807, 2.05) is 0 Å². The molecule has 1 aromatic carbocycles. The molecule has 3 N–H and O–H groups in total. The first-order chi connectivity index (χ1) is 8.59. The summed E-state index contributed by atoms with van der Waals surface area (Å²) in [5.74, 6) is 0.0643. The Kier molecular flexibility index (Phi) is 3.25. The molecule has 18 heavy (non-hydrogen) atoms. The van der Waals surface area contributed by atoms with Crippen molar-refractivity contribution in [2.24, 2.45) is 5.73 Å².